The average Bonchev–Trinajstić information content (AvgIpc) is 3.43. The number of nitrogens with one attached hydrogen (secondary N) is 2. The second-order valence-corrected chi connectivity index (χ2v) is 10.3. The molecule has 0 aliphatic carbocycles. The van der Waals surface area contributed by atoms with Crippen molar-refractivity contribution < 1.29 is 14.3 Å². The number of amides is 2. The van der Waals surface area contributed by atoms with Crippen LogP contribution in [0.4, 0.5) is 0 Å². The molecule has 0 saturated heterocycles. The van der Waals surface area contributed by atoms with E-state index in [1.807, 2.05) is 60.8 Å². The van der Waals surface area contributed by atoms with Crippen molar-refractivity contribution in [2.45, 2.75) is 84.0 Å². The first-order chi connectivity index (χ1) is 20.1. The highest BCUT2D eigenvalue weighted by molar-refractivity contribution is 5.90. The van der Waals surface area contributed by atoms with Gasteiger partial charge in [-0.1, -0.05) is 89.3 Å². The SMILES string of the molecule is CCCCCCCCCCCCCC(=O)NCC(=O)N/N=C/c1cn(-c2ccccc2)nc1-c1ccc(OC)cc1. The van der Waals surface area contributed by atoms with Gasteiger partial charge in [-0.2, -0.15) is 10.2 Å². The number of rotatable bonds is 19. The number of benzene rings is 2. The number of methoxy groups -OCH3 is 1. The van der Waals surface area contributed by atoms with Crippen LogP contribution in [0, 0.1) is 0 Å². The van der Waals surface area contributed by atoms with Gasteiger partial charge in [0.15, 0.2) is 0 Å². The molecule has 0 fully saturated rings. The molecular weight excluding hydrogens is 514 g/mol. The van der Waals surface area contributed by atoms with Gasteiger partial charge < -0.3 is 10.1 Å². The second kappa shape index (κ2) is 18.4. The number of hydrazone groups is 1. The predicted octanol–water partition coefficient (Wildman–Crippen LogP) is 6.82. The summed E-state index contributed by atoms with van der Waals surface area (Å²) in [5, 5.41) is 11.6. The van der Waals surface area contributed by atoms with Gasteiger partial charge in [0.25, 0.3) is 5.91 Å². The number of para-hydroxylation sites is 1. The number of aromatic nitrogens is 2. The normalized spacial score (nSPS) is 11.1. The summed E-state index contributed by atoms with van der Waals surface area (Å²) in [4.78, 5) is 24.4. The first-order valence-corrected chi connectivity index (χ1v) is 15.0. The lowest BCUT2D eigenvalue weighted by molar-refractivity contribution is -0.126. The van der Waals surface area contributed by atoms with Crippen molar-refractivity contribution in [1.82, 2.24) is 20.5 Å². The molecule has 3 rings (SSSR count). The van der Waals surface area contributed by atoms with Crippen LogP contribution in [0.5, 0.6) is 5.75 Å². The highest BCUT2D eigenvalue weighted by Crippen LogP contribution is 2.25. The maximum absolute atomic E-state index is 12.3. The quantitative estimate of drug-likeness (QED) is 0.0957. The number of carbonyl (C=O) groups excluding carboxylic acids is 2. The molecule has 0 bridgehead atoms. The number of unbranched alkanes of at least 4 members (excludes halogenated alkanes) is 10. The number of carbonyl (C=O) groups is 2. The Hall–Kier alpha value is -3.94. The summed E-state index contributed by atoms with van der Waals surface area (Å²) in [7, 11) is 1.63. The van der Waals surface area contributed by atoms with Crippen LogP contribution in [-0.4, -0.2) is 41.5 Å². The summed E-state index contributed by atoms with van der Waals surface area (Å²) in [6.45, 7) is 2.14. The summed E-state index contributed by atoms with van der Waals surface area (Å²) in [6.07, 6.45) is 17.5. The highest BCUT2D eigenvalue weighted by atomic mass is 16.5. The Morgan fingerprint density at radius 2 is 1.49 bits per heavy atom. The van der Waals surface area contributed by atoms with Crippen molar-refractivity contribution in [1.29, 1.82) is 0 Å². The van der Waals surface area contributed by atoms with Crippen LogP contribution in [-0.2, 0) is 9.59 Å². The predicted molar refractivity (Wildman–Crippen MR) is 165 cm³/mol. The largest absolute Gasteiger partial charge is 0.497 e. The number of nitrogens with zero attached hydrogens (tertiary/aromatic N) is 3. The van der Waals surface area contributed by atoms with E-state index < -0.39 is 0 Å². The van der Waals surface area contributed by atoms with E-state index in [2.05, 4.69) is 22.8 Å². The van der Waals surface area contributed by atoms with Gasteiger partial charge in [0.2, 0.25) is 5.91 Å². The Morgan fingerprint density at radius 3 is 2.12 bits per heavy atom. The Balaban J connectivity index is 1.40. The van der Waals surface area contributed by atoms with E-state index in [-0.39, 0.29) is 18.4 Å². The topological polar surface area (TPSA) is 97.6 Å². The summed E-state index contributed by atoms with van der Waals surface area (Å²) in [5.41, 5.74) is 5.76. The monoisotopic (exact) mass is 559 g/mol. The molecule has 1 aromatic heterocycles. The minimum absolute atomic E-state index is 0.106. The molecule has 2 aromatic carbocycles. The standard InChI is InChI=1S/C33H45N5O3/c1-3-4-5-6-7-8-9-10-11-12-16-19-31(39)34-25-32(40)36-35-24-28-26-38(29-17-14-13-15-18-29)37-33(28)27-20-22-30(41-2)23-21-27/h13-15,17-18,20-24,26H,3-12,16,19,25H2,1-2H3,(H,34,39)(H,36,40)/b35-24+. The third-order valence-electron chi connectivity index (χ3n) is 6.97. The minimum Gasteiger partial charge on any atom is -0.497 e. The van der Waals surface area contributed by atoms with Gasteiger partial charge in [-0.15, -0.1) is 0 Å². The highest BCUT2D eigenvalue weighted by Gasteiger charge is 2.12. The van der Waals surface area contributed by atoms with Gasteiger partial charge >= 0.3 is 0 Å². The lowest BCUT2D eigenvalue weighted by Gasteiger charge is -2.05. The first kappa shape index (κ1) is 31.6. The molecule has 220 valence electrons. The molecule has 0 unspecified atom stereocenters. The molecule has 0 saturated carbocycles. The molecular formula is C33H45N5O3. The zero-order chi connectivity index (χ0) is 29.1. The van der Waals surface area contributed by atoms with Crippen molar-refractivity contribution in [3.05, 3.63) is 66.4 Å². The van der Waals surface area contributed by atoms with Crippen molar-refractivity contribution in [3.8, 4) is 22.7 Å². The molecule has 0 radical (unpaired) electrons. The molecule has 2 N–H and O–H groups in total. The molecule has 0 spiro atoms. The fourth-order valence-corrected chi connectivity index (χ4v) is 4.60. The molecule has 3 aromatic rings. The van der Waals surface area contributed by atoms with Gasteiger partial charge in [0.1, 0.15) is 11.4 Å². The number of hydrogen-bond acceptors (Lipinski definition) is 5. The third kappa shape index (κ3) is 11.6. The molecule has 8 heteroatoms. The summed E-state index contributed by atoms with van der Waals surface area (Å²) < 4.78 is 7.04. The fourth-order valence-electron chi connectivity index (χ4n) is 4.60. The maximum atomic E-state index is 12.3. The second-order valence-electron chi connectivity index (χ2n) is 10.3. The van der Waals surface area contributed by atoms with Gasteiger partial charge in [-0.3, -0.25) is 9.59 Å². The molecule has 0 aliphatic rings. The summed E-state index contributed by atoms with van der Waals surface area (Å²) in [5.74, 6) is 0.269. The van der Waals surface area contributed by atoms with Gasteiger partial charge in [-0.25, -0.2) is 10.1 Å². The molecule has 2 amide bonds. The Bertz CT molecular complexity index is 1210. The average molecular weight is 560 g/mol. The smallest absolute Gasteiger partial charge is 0.259 e. The van der Waals surface area contributed by atoms with Crippen LogP contribution in [0.15, 0.2) is 65.9 Å². The van der Waals surface area contributed by atoms with E-state index in [1.54, 1.807) is 18.0 Å². The lowest BCUT2D eigenvalue weighted by Crippen LogP contribution is -2.34. The van der Waals surface area contributed by atoms with E-state index >= 15 is 0 Å². The van der Waals surface area contributed by atoms with E-state index in [9.17, 15) is 9.59 Å². The van der Waals surface area contributed by atoms with Crippen molar-refractivity contribution in [2.75, 3.05) is 13.7 Å². The fraction of sp³-hybridized carbons (Fsp3) is 0.455. The van der Waals surface area contributed by atoms with Crippen LogP contribution in [0.25, 0.3) is 16.9 Å². The van der Waals surface area contributed by atoms with Crippen LogP contribution in [0.1, 0.15) is 89.5 Å². The van der Waals surface area contributed by atoms with Crippen LogP contribution in [0.3, 0.4) is 0 Å². The van der Waals surface area contributed by atoms with E-state index in [1.165, 1.54) is 51.4 Å². The van der Waals surface area contributed by atoms with Crippen LogP contribution >= 0.6 is 0 Å². The third-order valence-corrected chi connectivity index (χ3v) is 6.97. The van der Waals surface area contributed by atoms with Crippen molar-refractivity contribution in [3.63, 3.8) is 0 Å². The Kier molecular flexibility index (Phi) is 14.2. The van der Waals surface area contributed by atoms with E-state index in [4.69, 9.17) is 9.84 Å². The van der Waals surface area contributed by atoms with Crippen molar-refractivity contribution in [2.24, 2.45) is 5.10 Å². The Morgan fingerprint density at radius 1 is 0.854 bits per heavy atom. The minimum atomic E-state index is -0.380. The van der Waals surface area contributed by atoms with Gasteiger partial charge in [-0.05, 0) is 42.8 Å². The van der Waals surface area contributed by atoms with E-state index in [0.717, 1.165) is 47.5 Å². The summed E-state index contributed by atoms with van der Waals surface area (Å²) >= 11 is 0. The van der Waals surface area contributed by atoms with Crippen LogP contribution < -0.4 is 15.5 Å². The molecule has 1 heterocycles. The van der Waals surface area contributed by atoms with Gasteiger partial charge in [0, 0.05) is 23.7 Å². The zero-order valence-corrected chi connectivity index (χ0v) is 24.6. The molecule has 0 atom stereocenters. The van der Waals surface area contributed by atoms with Gasteiger partial charge in [0.05, 0.1) is 25.6 Å². The Labute approximate surface area is 244 Å². The lowest BCUT2D eigenvalue weighted by atomic mass is 10.1. The zero-order valence-electron chi connectivity index (χ0n) is 24.6. The van der Waals surface area contributed by atoms with E-state index in [0.29, 0.717) is 6.42 Å². The summed E-state index contributed by atoms with van der Waals surface area (Å²) in [6, 6.07) is 17.4. The molecule has 41 heavy (non-hydrogen) atoms. The molecule has 8 nitrogen and oxygen atoms in total. The first-order valence-electron chi connectivity index (χ1n) is 15.0. The maximum Gasteiger partial charge on any atom is 0.259 e. The number of ether oxygens (including phenoxy) is 1. The van der Waals surface area contributed by atoms with Crippen LogP contribution in [0.2, 0.25) is 0 Å². The van der Waals surface area contributed by atoms with Crippen molar-refractivity contribution >= 4 is 18.0 Å². The molecule has 0 aliphatic heterocycles. The number of hydrogen-bond donors (Lipinski definition) is 2.